The van der Waals surface area contributed by atoms with Crippen LogP contribution in [0.15, 0.2) is 90.2 Å². The molecule has 3 nitrogen and oxygen atoms in total. The van der Waals surface area contributed by atoms with Crippen LogP contribution in [0.3, 0.4) is 0 Å². The van der Waals surface area contributed by atoms with Crippen LogP contribution in [0.4, 0.5) is 0 Å². The topological polar surface area (TPSA) is 38.1 Å². The molecule has 2 aromatic heterocycles. The Morgan fingerprint density at radius 2 is 1.59 bits per heavy atom. The van der Waals surface area contributed by atoms with Gasteiger partial charge in [-0.05, 0) is 61.4 Å². The van der Waals surface area contributed by atoms with E-state index in [2.05, 4.69) is 46.4 Å². The fourth-order valence-corrected chi connectivity index (χ4v) is 3.15. The fraction of sp³-hybridized carbons (Fsp3) is 0.125. The maximum Gasteiger partial charge on any atom is 0.0705 e. The summed E-state index contributed by atoms with van der Waals surface area (Å²) in [7, 11) is 0. The number of hydrogen-bond acceptors (Lipinski definition) is 3. The summed E-state index contributed by atoms with van der Waals surface area (Å²) < 4.78 is 0. The number of aliphatic imine (C=N–C) groups is 1. The minimum Gasteiger partial charge on any atom is -0.261 e. The number of benzene rings is 1. The van der Waals surface area contributed by atoms with Crippen molar-refractivity contribution in [3.63, 3.8) is 0 Å². The van der Waals surface area contributed by atoms with Crippen LogP contribution in [0, 0.1) is 6.92 Å². The molecule has 0 N–H and O–H groups in total. The van der Waals surface area contributed by atoms with E-state index in [0.29, 0.717) is 0 Å². The van der Waals surface area contributed by atoms with E-state index in [0.717, 1.165) is 52.3 Å². The van der Waals surface area contributed by atoms with Crippen molar-refractivity contribution in [3.8, 4) is 22.5 Å². The zero-order valence-corrected chi connectivity index (χ0v) is 15.3. The van der Waals surface area contributed by atoms with Gasteiger partial charge in [-0.25, -0.2) is 0 Å². The Hall–Kier alpha value is -3.33. The molecule has 1 aliphatic rings. The van der Waals surface area contributed by atoms with E-state index in [1.54, 1.807) is 0 Å². The second kappa shape index (κ2) is 7.92. The van der Waals surface area contributed by atoms with Crippen LogP contribution in [-0.4, -0.2) is 15.7 Å². The van der Waals surface area contributed by atoms with E-state index in [9.17, 15) is 0 Å². The molecule has 0 atom stereocenters. The highest BCUT2D eigenvalue weighted by Crippen LogP contribution is 2.27. The fourth-order valence-electron chi connectivity index (χ4n) is 3.15. The molecule has 0 aliphatic carbocycles. The lowest BCUT2D eigenvalue weighted by Crippen LogP contribution is -2.02. The minimum atomic E-state index is 0.816. The van der Waals surface area contributed by atoms with Gasteiger partial charge in [-0.2, -0.15) is 0 Å². The van der Waals surface area contributed by atoms with E-state index >= 15 is 0 Å². The number of pyridine rings is 2. The Bertz CT molecular complexity index is 1030. The highest BCUT2D eigenvalue weighted by Gasteiger charge is 2.11. The van der Waals surface area contributed by atoms with Gasteiger partial charge in [0.2, 0.25) is 0 Å². The molecule has 0 fully saturated rings. The van der Waals surface area contributed by atoms with Crippen molar-refractivity contribution in [2.75, 3.05) is 0 Å². The van der Waals surface area contributed by atoms with Crippen molar-refractivity contribution in [2.45, 2.75) is 19.8 Å². The molecule has 0 saturated carbocycles. The first-order chi connectivity index (χ1) is 13.3. The Morgan fingerprint density at radius 1 is 0.778 bits per heavy atom. The SMILES string of the molecule is Cc1cccc(-c2cc(C3=N/C=C\C/C=C\C3)cc(-c3ccccn3)c2)n1. The predicted octanol–water partition coefficient (Wildman–Crippen LogP) is 5.77. The highest BCUT2D eigenvalue weighted by molar-refractivity contribution is 6.03. The van der Waals surface area contributed by atoms with Gasteiger partial charge in [-0.15, -0.1) is 0 Å². The summed E-state index contributed by atoms with van der Waals surface area (Å²) in [5, 5.41) is 0. The third kappa shape index (κ3) is 4.09. The summed E-state index contributed by atoms with van der Waals surface area (Å²) in [6.45, 7) is 2.02. The zero-order chi connectivity index (χ0) is 18.5. The zero-order valence-electron chi connectivity index (χ0n) is 15.3. The van der Waals surface area contributed by atoms with Gasteiger partial charge < -0.3 is 0 Å². The van der Waals surface area contributed by atoms with E-state index in [-0.39, 0.29) is 0 Å². The second-order valence-corrected chi connectivity index (χ2v) is 6.55. The van der Waals surface area contributed by atoms with Gasteiger partial charge in [-0.1, -0.05) is 30.4 Å². The lowest BCUT2D eigenvalue weighted by atomic mass is 9.96. The predicted molar refractivity (Wildman–Crippen MR) is 112 cm³/mol. The molecule has 0 spiro atoms. The van der Waals surface area contributed by atoms with Crippen LogP contribution in [0.5, 0.6) is 0 Å². The van der Waals surface area contributed by atoms with Crippen LogP contribution in [-0.2, 0) is 0 Å². The van der Waals surface area contributed by atoms with E-state index in [4.69, 9.17) is 4.98 Å². The van der Waals surface area contributed by atoms with Crippen molar-refractivity contribution in [1.29, 1.82) is 0 Å². The molecule has 3 heterocycles. The van der Waals surface area contributed by atoms with Gasteiger partial charge in [0.15, 0.2) is 0 Å². The number of hydrogen-bond donors (Lipinski definition) is 0. The Labute approximate surface area is 159 Å². The normalized spacial score (nSPS) is 16.1. The first kappa shape index (κ1) is 17.1. The second-order valence-electron chi connectivity index (χ2n) is 6.55. The molecule has 4 rings (SSSR count). The van der Waals surface area contributed by atoms with Crippen LogP contribution in [0.25, 0.3) is 22.5 Å². The number of rotatable bonds is 3. The molecule has 1 aliphatic heterocycles. The van der Waals surface area contributed by atoms with Gasteiger partial charge in [0.05, 0.1) is 17.1 Å². The first-order valence-corrected chi connectivity index (χ1v) is 9.17. The minimum absolute atomic E-state index is 0.816. The molecule has 0 radical (unpaired) electrons. The molecule has 0 unspecified atom stereocenters. The monoisotopic (exact) mass is 351 g/mol. The van der Waals surface area contributed by atoms with Crippen molar-refractivity contribution in [2.24, 2.45) is 4.99 Å². The summed E-state index contributed by atoms with van der Waals surface area (Å²) in [6.07, 6.45) is 11.9. The van der Waals surface area contributed by atoms with Crippen LogP contribution < -0.4 is 0 Å². The number of aromatic nitrogens is 2. The average molecular weight is 351 g/mol. The number of nitrogens with zero attached hydrogens (tertiary/aromatic N) is 3. The molecular weight excluding hydrogens is 330 g/mol. The van der Waals surface area contributed by atoms with Crippen LogP contribution in [0.1, 0.15) is 24.1 Å². The van der Waals surface area contributed by atoms with Crippen molar-refractivity contribution >= 4 is 5.71 Å². The molecule has 0 saturated heterocycles. The quantitative estimate of drug-likeness (QED) is 0.562. The van der Waals surface area contributed by atoms with Crippen LogP contribution >= 0.6 is 0 Å². The molecule has 3 aromatic rings. The smallest absolute Gasteiger partial charge is 0.0705 e. The Balaban J connectivity index is 1.88. The lowest BCUT2D eigenvalue weighted by molar-refractivity contribution is 1.20. The molecule has 132 valence electrons. The van der Waals surface area contributed by atoms with Crippen LogP contribution in [0.2, 0.25) is 0 Å². The Kier molecular flexibility index (Phi) is 5.01. The molecular formula is C24H21N3. The van der Waals surface area contributed by atoms with Gasteiger partial charge in [0.25, 0.3) is 0 Å². The van der Waals surface area contributed by atoms with Crippen molar-refractivity contribution in [3.05, 3.63) is 96.5 Å². The van der Waals surface area contributed by atoms with Gasteiger partial charge in [-0.3, -0.25) is 15.0 Å². The van der Waals surface area contributed by atoms with E-state index in [1.807, 2.05) is 55.7 Å². The van der Waals surface area contributed by atoms with Crippen molar-refractivity contribution < 1.29 is 0 Å². The average Bonchev–Trinajstić information content (AvgIpc) is 2.68. The number of allylic oxidation sites excluding steroid dienone is 3. The standard InChI is InChI=1S/C24H21N3/c1-18-9-8-12-24(27-18)21-16-19(22-10-4-2-3-6-13-25-22)15-20(17-21)23-11-5-7-14-26-23/h2,4-9,11-17H,3,10H2,1H3/b4-2-,13-6-,25-22?. The van der Waals surface area contributed by atoms with E-state index in [1.165, 1.54) is 0 Å². The van der Waals surface area contributed by atoms with Gasteiger partial charge in [0.1, 0.15) is 0 Å². The summed E-state index contributed by atoms with van der Waals surface area (Å²) in [5.74, 6) is 0. The molecule has 0 amide bonds. The highest BCUT2D eigenvalue weighted by atomic mass is 14.7. The molecule has 3 heteroatoms. The van der Waals surface area contributed by atoms with Crippen molar-refractivity contribution in [1.82, 2.24) is 9.97 Å². The lowest BCUT2D eigenvalue weighted by Gasteiger charge is -2.12. The van der Waals surface area contributed by atoms with Gasteiger partial charge in [0, 0.05) is 35.6 Å². The molecule has 27 heavy (non-hydrogen) atoms. The maximum absolute atomic E-state index is 4.71. The number of aryl methyl sites for hydroxylation is 1. The summed E-state index contributed by atoms with van der Waals surface area (Å²) in [6, 6.07) is 18.6. The Morgan fingerprint density at radius 3 is 2.41 bits per heavy atom. The van der Waals surface area contributed by atoms with Gasteiger partial charge >= 0.3 is 0 Å². The summed E-state index contributed by atoms with van der Waals surface area (Å²) >= 11 is 0. The maximum atomic E-state index is 4.71. The van der Waals surface area contributed by atoms with E-state index < -0.39 is 0 Å². The molecule has 0 bridgehead atoms. The molecule has 1 aromatic carbocycles. The summed E-state index contributed by atoms with van der Waals surface area (Å²) in [5.41, 5.74) is 7.23. The largest absolute Gasteiger partial charge is 0.261 e. The third-order valence-corrected chi connectivity index (χ3v) is 4.50. The third-order valence-electron chi connectivity index (χ3n) is 4.50. The summed E-state index contributed by atoms with van der Waals surface area (Å²) in [4.78, 5) is 13.9. The first-order valence-electron chi connectivity index (χ1n) is 9.17.